The summed E-state index contributed by atoms with van der Waals surface area (Å²) in [7, 11) is 0. The number of carbonyl (C=O) groups excluding carboxylic acids is 1. The fourth-order valence-corrected chi connectivity index (χ4v) is 1.98. The van der Waals surface area contributed by atoms with Crippen LogP contribution in [0.25, 0.3) is 0 Å². The molecule has 2 aliphatic rings. The van der Waals surface area contributed by atoms with E-state index in [0.29, 0.717) is 18.8 Å². The third-order valence-corrected chi connectivity index (χ3v) is 2.78. The van der Waals surface area contributed by atoms with Crippen molar-refractivity contribution in [2.75, 3.05) is 0 Å². The Labute approximate surface area is 65.1 Å². The SMILES string of the molecule is O=C=NC1(C2CC2)CC(O)C1. The molecule has 0 atom stereocenters. The van der Waals surface area contributed by atoms with Gasteiger partial charge in [-0.05, 0) is 31.6 Å². The molecule has 3 nitrogen and oxygen atoms in total. The molecule has 0 radical (unpaired) electrons. The molecule has 2 saturated carbocycles. The average molecular weight is 153 g/mol. The van der Waals surface area contributed by atoms with E-state index in [1.54, 1.807) is 6.08 Å². The Morgan fingerprint density at radius 3 is 2.45 bits per heavy atom. The van der Waals surface area contributed by atoms with E-state index in [1.165, 1.54) is 0 Å². The minimum absolute atomic E-state index is 0.193. The lowest BCUT2D eigenvalue weighted by molar-refractivity contribution is 0.0131. The van der Waals surface area contributed by atoms with Crippen molar-refractivity contribution in [2.24, 2.45) is 10.9 Å². The second-order valence-electron chi connectivity index (χ2n) is 3.64. The van der Waals surface area contributed by atoms with E-state index in [9.17, 15) is 4.79 Å². The highest BCUT2D eigenvalue weighted by molar-refractivity contribution is 5.36. The Bertz CT molecular complexity index is 210. The smallest absolute Gasteiger partial charge is 0.235 e. The van der Waals surface area contributed by atoms with E-state index in [-0.39, 0.29) is 11.6 Å². The third-order valence-electron chi connectivity index (χ3n) is 2.78. The van der Waals surface area contributed by atoms with Crippen molar-refractivity contribution in [1.29, 1.82) is 0 Å². The Morgan fingerprint density at radius 1 is 1.45 bits per heavy atom. The monoisotopic (exact) mass is 153 g/mol. The van der Waals surface area contributed by atoms with Crippen LogP contribution in [0.4, 0.5) is 0 Å². The van der Waals surface area contributed by atoms with Crippen LogP contribution < -0.4 is 0 Å². The van der Waals surface area contributed by atoms with Crippen LogP contribution in [0.5, 0.6) is 0 Å². The molecule has 11 heavy (non-hydrogen) atoms. The average Bonchev–Trinajstić information content (AvgIpc) is 2.65. The maximum atomic E-state index is 10.1. The molecule has 2 aliphatic carbocycles. The molecular weight excluding hydrogens is 142 g/mol. The molecule has 3 heteroatoms. The molecule has 0 amide bonds. The molecule has 0 spiro atoms. The maximum Gasteiger partial charge on any atom is 0.235 e. The van der Waals surface area contributed by atoms with Crippen LogP contribution in [-0.2, 0) is 4.79 Å². The van der Waals surface area contributed by atoms with Crippen molar-refractivity contribution >= 4 is 6.08 Å². The number of hydrogen-bond acceptors (Lipinski definition) is 3. The van der Waals surface area contributed by atoms with Gasteiger partial charge in [0.25, 0.3) is 0 Å². The van der Waals surface area contributed by atoms with Crippen LogP contribution in [0.15, 0.2) is 4.99 Å². The Kier molecular flexibility index (Phi) is 1.38. The van der Waals surface area contributed by atoms with E-state index < -0.39 is 0 Å². The topological polar surface area (TPSA) is 49.7 Å². The van der Waals surface area contributed by atoms with Gasteiger partial charge in [0.1, 0.15) is 0 Å². The molecular formula is C8H11NO2. The lowest BCUT2D eigenvalue weighted by Crippen LogP contribution is -2.47. The van der Waals surface area contributed by atoms with Gasteiger partial charge >= 0.3 is 0 Å². The van der Waals surface area contributed by atoms with Gasteiger partial charge in [0.15, 0.2) is 0 Å². The highest BCUT2D eigenvalue weighted by Gasteiger charge is 2.53. The molecule has 2 fully saturated rings. The normalized spacial score (nSPS) is 42.5. The molecule has 0 aliphatic heterocycles. The Hall–Kier alpha value is -0.660. The molecule has 0 heterocycles. The summed E-state index contributed by atoms with van der Waals surface area (Å²) in [4.78, 5) is 13.9. The largest absolute Gasteiger partial charge is 0.393 e. The van der Waals surface area contributed by atoms with Gasteiger partial charge in [0.2, 0.25) is 6.08 Å². The fraction of sp³-hybridized carbons (Fsp3) is 0.875. The van der Waals surface area contributed by atoms with E-state index >= 15 is 0 Å². The number of aliphatic hydroxyl groups is 1. The zero-order chi connectivity index (χ0) is 7.90. The van der Waals surface area contributed by atoms with Crippen molar-refractivity contribution < 1.29 is 9.90 Å². The molecule has 0 unspecified atom stereocenters. The first-order chi connectivity index (χ1) is 5.27. The van der Waals surface area contributed by atoms with Gasteiger partial charge in [-0.3, -0.25) is 0 Å². The molecule has 2 rings (SSSR count). The second kappa shape index (κ2) is 2.16. The summed E-state index contributed by atoms with van der Waals surface area (Å²) < 4.78 is 0. The van der Waals surface area contributed by atoms with Crippen molar-refractivity contribution in [3.63, 3.8) is 0 Å². The van der Waals surface area contributed by atoms with E-state index in [1.807, 2.05) is 0 Å². The Morgan fingerprint density at radius 2 is 2.09 bits per heavy atom. The maximum absolute atomic E-state index is 10.1. The zero-order valence-electron chi connectivity index (χ0n) is 6.29. The van der Waals surface area contributed by atoms with Crippen LogP contribution >= 0.6 is 0 Å². The van der Waals surface area contributed by atoms with Gasteiger partial charge in [-0.15, -0.1) is 0 Å². The summed E-state index contributed by atoms with van der Waals surface area (Å²) in [6, 6.07) is 0. The minimum Gasteiger partial charge on any atom is -0.393 e. The van der Waals surface area contributed by atoms with Crippen molar-refractivity contribution in [2.45, 2.75) is 37.3 Å². The van der Waals surface area contributed by atoms with Crippen molar-refractivity contribution in [3.8, 4) is 0 Å². The molecule has 0 bridgehead atoms. The number of aliphatic hydroxyl groups excluding tert-OH is 1. The third kappa shape index (κ3) is 1.01. The molecule has 0 aromatic carbocycles. The summed E-state index contributed by atoms with van der Waals surface area (Å²) >= 11 is 0. The number of rotatable bonds is 2. The van der Waals surface area contributed by atoms with Gasteiger partial charge < -0.3 is 5.11 Å². The standard InChI is InChI=1S/C8H11NO2/c10-5-9-8(6-1-2-6)3-7(11)4-8/h6-7,11H,1-4H2. The predicted molar refractivity (Wildman–Crippen MR) is 38.8 cm³/mol. The Balaban J connectivity index is 2.09. The van der Waals surface area contributed by atoms with Crippen LogP contribution in [0.3, 0.4) is 0 Å². The van der Waals surface area contributed by atoms with Gasteiger partial charge in [-0.1, -0.05) is 0 Å². The summed E-state index contributed by atoms with van der Waals surface area (Å²) in [6.45, 7) is 0. The zero-order valence-corrected chi connectivity index (χ0v) is 6.29. The molecule has 60 valence electrons. The summed E-state index contributed by atoms with van der Waals surface area (Å²) in [5.41, 5.74) is -0.193. The second-order valence-corrected chi connectivity index (χ2v) is 3.64. The number of nitrogens with zero attached hydrogens (tertiary/aromatic N) is 1. The van der Waals surface area contributed by atoms with E-state index in [2.05, 4.69) is 4.99 Å². The highest BCUT2D eigenvalue weighted by atomic mass is 16.3. The molecule has 0 aromatic rings. The van der Waals surface area contributed by atoms with Crippen LogP contribution in [0.2, 0.25) is 0 Å². The summed E-state index contributed by atoms with van der Waals surface area (Å²) in [6.07, 6.45) is 5.06. The van der Waals surface area contributed by atoms with Gasteiger partial charge in [-0.25, -0.2) is 4.79 Å². The lowest BCUT2D eigenvalue weighted by Gasteiger charge is -2.41. The molecule has 0 aromatic heterocycles. The van der Waals surface area contributed by atoms with Gasteiger partial charge in [0, 0.05) is 0 Å². The van der Waals surface area contributed by atoms with Crippen molar-refractivity contribution in [3.05, 3.63) is 0 Å². The van der Waals surface area contributed by atoms with E-state index in [0.717, 1.165) is 12.8 Å². The minimum atomic E-state index is -0.229. The first-order valence-electron chi connectivity index (χ1n) is 4.04. The highest BCUT2D eigenvalue weighted by Crippen LogP contribution is 2.52. The number of isocyanates is 1. The van der Waals surface area contributed by atoms with Gasteiger partial charge in [-0.2, -0.15) is 4.99 Å². The lowest BCUT2D eigenvalue weighted by atomic mass is 9.71. The summed E-state index contributed by atoms with van der Waals surface area (Å²) in [5, 5.41) is 9.10. The van der Waals surface area contributed by atoms with Crippen LogP contribution in [0, 0.1) is 5.92 Å². The number of aliphatic imine (C=N–C) groups is 1. The van der Waals surface area contributed by atoms with Crippen LogP contribution in [0.1, 0.15) is 25.7 Å². The van der Waals surface area contributed by atoms with Crippen molar-refractivity contribution in [1.82, 2.24) is 0 Å². The summed E-state index contributed by atoms with van der Waals surface area (Å²) in [5.74, 6) is 0.562. The van der Waals surface area contributed by atoms with E-state index in [4.69, 9.17) is 5.11 Å². The predicted octanol–water partition coefficient (Wildman–Crippen LogP) is 0.626. The number of hydrogen-bond donors (Lipinski definition) is 1. The quantitative estimate of drug-likeness (QED) is 0.467. The fourth-order valence-electron chi connectivity index (χ4n) is 1.98. The van der Waals surface area contributed by atoms with Crippen LogP contribution in [-0.4, -0.2) is 22.8 Å². The van der Waals surface area contributed by atoms with Gasteiger partial charge in [0.05, 0.1) is 11.6 Å². The molecule has 1 N–H and O–H groups in total. The molecule has 0 saturated heterocycles. The first kappa shape index (κ1) is 7.01. The first-order valence-corrected chi connectivity index (χ1v) is 4.04.